The van der Waals surface area contributed by atoms with Gasteiger partial charge < -0.3 is 14.5 Å². The molecule has 1 spiro atoms. The van der Waals surface area contributed by atoms with Crippen LogP contribution in [-0.4, -0.2) is 80.1 Å². The predicted octanol–water partition coefficient (Wildman–Crippen LogP) is 1.39. The molecule has 8 nitrogen and oxygen atoms in total. The number of amides is 1. The van der Waals surface area contributed by atoms with Crippen molar-refractivity contribution in [1.29, 1.82) is 0 Å². The number of carbonyl (C=O) groups is 2. The van der Waals surface area contributed by atoms with E-state index in [1.165, 1.54) is 4.31 Å². The van der Waals surface area contributed by atoms with Crippen LogP contribution in [0, 0.1) is 0 Å². The number of sulfonamides is 1. The van der Waals surface area contributed by atoms with Gasteiger partial charge in [-0.1, -0.05) is 18.2 Å². The molecule has 3 aliphatic heterocycles. The van der Waals surface area contributed by atoms with Gasteiger partial charge in [-0.15, -0.1) is 0 Å². The van der Waals surface area contributed by atoms with Crippen molar-refractivity contribution >= 4 is 27.6 Å². The molecule has 0 N–H and O–H groups in total. The quantitative estimate of drug-likeness (QED) is 0.649. The second-order valence-electron chi connectivity index (χ2n) is 8.30. The van der Waals surface area contributed by atoms with E-state index in [9.17, 15) is 18.0 Å². The number of carbonyl (C=O) groups excluding carboxylic acids is 2. The highest BCUT2D eigenvalue weighted by atomic mass is 32.2. The Morgan fingerprint density at radius 2 is 1.65 bits per heavy atom. The Kier molecular flexibility index (Phi) is 5.83. The topological polar surface area (TPSA) is 87.2 Å². The van der Waals surface area contributed by atoms with E-state index in [0.717, 1.165) is 5.69 Å². The lowest BCUT2D eigenvalue weighted by molar-refractivity contribution is -0.150. The van der Waals surface area contributed by atoms with E-state index < -0.39 is 21.6 Å². The van der Waals surface area contributed by atoms with Crippen LogP contribution in [0.5, 0.6) is 0 Å². The zero-order valence-corrected chi connectivity index (χ0v) is 18.9. The van der Waals surface area contributed by atoms with E-state index in [0.29, 0.717) is 50.2 Å². The number of ether oxygens (including phenoxy) is 1. The lowest BCUT2D eigenvalue weighted by Crippen LogP contribution is -2.54. The number of para-hydroxylation sites is 1. The fourth-order valence-corrected chi connectivity index (χ4v) is 5.83. The van der Waals surface area contributed by atoms with Crippen molar-refractivity contribution in [2.75, 3.05) is 49.9 Å². The Labute approximate surface area is 183 Å². The van der Waals surface area contributed by atoms with Gasteiger partial charge in [0.25, 0.3) is 5.91 Å². The number of nitrogens with zero attached hydrogens (tertiary/aromatic N) is 3. The normalized spacial score (nSPS) is 22.2. The molecule has 2 saturated heterocycles. The van der Waals surface area contributed by atoms with Crippen LogP contribution in [0.15, 0.2) is 41.5 Å². The van der Waals surface area contributed by atoms with Crippen molar-refractivity contribution in [3.05, 3.63) is 41.5 Å². The maximum absolute atomic E-state index is 13.5. The van der Waals surface area contributed by atoms with E-state index >= 15 is 0 Å². The SMILES string of the molecule is CCS(=O)(=O)N1CCC2(CC1)OC(=O)C(C)=C2C(=O)N1CCN(c2ccccc2)CC1. The van der Waals surface area contributed by atoms with Gasteiger partial charge in [0.05, 0.1) is 11.3 Å². The number of piperazine rings is 1. The molecule has 1 amide bonds. The summed E-state index contributed by atoms with van der Waals surface area (Å²) in [5.74, 6) is -0.604. The zero-order valence-electron chi connectivity index (χ0n) is 18.0. The van der Waals surface area contributed by atoms with Gasteiger partial charge in [-0.2, -0.15) is 0 Å². The molecule has 3 heterocycles. The third-order valence-corrected chi connectivity index (χ3v) is 8.50. The van der Waals surface area contributed by atoms with Gasteiger partial charge in [-0.25, -0.2) is 17.5 Å². The molecule has 2 fully saturated rings. The van der Waals surface area contributed by atoms with Gasteiger partial charge in [0.15, 0.2) is 0 Å². The Morgan fingerprint density at radius 1 is 1.03 bits per heavy atom. The van der Waals surface area contributed by atoms with Crippen molar-refractivity contribution in [2.45, 2.75) is 32.3 Å². The highest BCUT2D eigenvalue weighted by molar-refractivity contribution is 7.89. The molecule has 0 unspecified atom stereocenters. The van der Waals surface area contributed by atoms with Crippen LogP contribution in [0.2, 0.25) is 0 Å². The molecule has 1 aromatic carbocycles. The van der Waals surface area contributed by atoms with Crippen LogP contribution in [0.25, 0.3) is 0 Å². The molecule has 0 radical (unpaired) electrons. The minimum atomic E-state index is -3.31. The summed E-state index contributed by atoms with van der Waals surface area (Å²) >= 11 is 0. The van der Waals surface area contributed by atoms with E-state index in [1.807, 2.05) is 18.2 Å². The second kappa shape index (κ2) is 8.27. The first-order valence-electron chi connectivity index (χ1n) is 10.8. The van der Waals surface area contributed by atoms with Gasteiger partial charge in [0.1, 0.15) is 5.60 Å². The molecular formula is C22H29N3O5S. The molecule has 3 aliphatic rings. The number of esters is 1. The summed E-state index contributed by atoms with van der Waals surface area (Å²) in [6.45, 7) is 6.29. The standard InChI is InChI=1S/C22H29N3O5S/c1-3-31(28,29)25-11-9-22(10-12-25)19(17(2)21(27)30-22)20(26)24-15-13-23(14-16-24)18-7-5-4-6-8-18/h4-8H,3,9-16H2,1-2H3. The first-order chi connectivity index (χ1) is 14.8. The van der Waals surface area contributed by atoms with Crippen LogP contribution in [0.3, 0.4) is 0 Å². The van der Waals surface area contributed by atoms with Crippen molar-refractivity contribution in [1.82, 2.24) is 9.21 Å². The summed E-state index contributed by atoms with van der Waals surface area (Å²) in [6, 6.07) is 10.1. The summed E-state index contributed by atoms with van der Waals surface area (Å²) < 4.78 is 31.6. The fraction of sp³-hybridized carbons (Fsp3) is 0.545. The first-order valence-corrected chi connectivity index (χ1v) is 12.4. The average Bonchev–Trinajstić information content (AvgIpc) is 3.03. The molecule has 31 heavy (non-hydrogen) atoms. The van der Waals surface area contributed by atoms with Gasteiger partial charge in [0, 0.05) is 63.4 Å². The van der Waals surface area contributed by atoms with Gasteiger partial charge >= 0.3 is 5.97 Å². The van der Waals surface area contributed by atoms with Crippen LogP contribution >= 0.6 is 0 Å². The average molecular weight is 448 g/mol. The zero-order chi connectivity index (χ0) is 22.2. The fourth-order valence-electron chi connectivity index (χ4n) is 4.73. The molecular weight excluding hydrogens is 418 g/mol. The summed E-state index contributed by atoms with van der Waals surface area (Å²) in [7, 11) is -3.31. The Hall–Kier alpha value is -2.39. The Bertz CT molecular complexity index is 989. The third-order valence-electron chi connectivity index (χ3n) is 6.62. The molecule has 4 rings (SSSR count). The second-order valence-corrected chi connectivity index (χ2v) is 10.6. The number of rotatable bonds is 4. The number of hydrogen-bond acceptors (Lipinski definition) is 6. The molecule has 0 atom stereocenters. The third kappa shape index (κ3) is 3.96. The summed E-state index contributed by atoms with van der Waals surface area (Å²) in [5.41, 5.74) is 0.876. The Morgan fingerprint density at radius 3 is 2.23 bits per heavy atom. The number of benzene rings is 1. The smallest absolute Gasteiger partial charge is 0.335 e. The predicted molar refractivity (Wildman–Crippen MR) is 117 cm³/mol. The monoisotopic (exact) mass is 447 g/mol. The van der Waals surface area contributed by atoms with Crippen molar-refractivity contribution in [3.8, 4) is 0 Å². The number of anilines is 1. The summed E-state index contributed by atoms with van der Waals surface area (Å²) in [6.07, 6.45) is 0.612. The molecule has 0 aliphatic carbocycles. The first kappa shape index (κ1) is 21.8. The largest absolute Gasteiger partial charge is 0.450 e. The molecule has 0 aromatic heterocycles. The molecule has 168 valence electrons. The summed E-state index contributed by atoms with van der Waals surface area (Å²) in [5, 5.41) is 0. The number of hydrogen-bond donors (Lipinski definition) is 0. The highest BCUT2D eigenvalue weighted by Gasteiger charge is 2.52. The van der Waals surface area contributed by atoms with Crippen molar-refractivity contribution in [2.24, 2.45) is 0 Å². The van der Waals surface area contributed by atoms with E-state index in [-0.39, 0.29) is 24.7 Å². The lowest BCUT2D eigenvalue weighted by Gasteiger charge is -2.41. The number of piperidine rings is 1. The van der Waals surface area contributed by atoms with E-state index in [2.05, 4.69) is 17.0 Å². The van der Waals surface area contributed by atoms with Crippen LogP contribution in [-0.2, 0) is 24.3 Å². The molecule has 0 bridgehead atoms. The van der Waals surface area contributed by atoms with E-state index in [4.69, 9.17) is 4.74 Å². The maximum Gasteiger partial charge on any atom is 0.335 e. The molecule has 1 aromatic rings. The lowest BCUT2D eigenvalue weighted by atomic mass is 9.83. The minimum absolute atomic E-state index is 0.0339. The van der Waals surface area contributed by atoms with Gasteiger partial charge in [-0.05, 0) is 26.0 Å². The van der Waals surface area contributed by atoms with Gasteiger partial charge in [0.2, 0.25) is 10.0 Å². The van der Waals surface area contributed by atoms with Gasteiger partial charge in [-0.3, -0.25) is 4.79 Å². The molecule has 0 saturated carbocycles. The van der Waals surface area contributed by atoms with Crippen molar-refractivity contribution < 1.29 is 22.7 Å². The Balaban J connectivity index is 1.48. The minimum Gasteiger partial charge on any atom is -0.450 e. The summed E-state index contributed by atoms with van der Waals surface area (Å²) in [4.78, 5) is 29.9. The van der Waals surface area contributed by atoms with Crippen LogP contribution < -0.4 is 4.90 Å². The van der Waals surface area contributed by atoms with Crippen LogP contribution in [0.4, 0.5) is 5.69 Å². The van der Waals surface area contributed by atoms with Crippen LogP contribution in [0.1, 0.15) is 26.7 Å². The highest BCUT2D eigenvalue weighted by Crippen LogP contribution is 2.42. The molecule has 9 heteroatoms. The maximum atomic E-state index is 13.5. The van der Waals surface area contributed by atoms with E-state index in [1.54, 1.807) is 18.7 Å². The van der Waals surface area contributed by atoms with Crippen molar-refractivity contribution in [3.63, 3.8) is 0 Å².